The molecule has 2 heterocycles. The van der Waals surface area contributed by atoms with Crippen molar-refractivity contribution in [3.63, 3.8) is 0 Å². The van der Waals surface area contributed by atoms with Crippen LogP contribution in [0.1, 0.15) is 29.0 Å². The molecule has 6 rings (SSSR count). The van der Waals surface area contributed by atoms with Crippen LogP contribution in [0.5, 0.6) is 5.75 Å². The third-order valence-corrected chi connectivity index (χ3v) is 6.96. The number of likely N-dealkylation sites (N-methyl/N-ethyl adjacent to an activating group) is 1. The van der Waals surface area contributed by atoms with Crippen LogP contribution in [0.3, 0.4) is 0 Å². The molecular weight excluding hydrogens is 386 g/mol. The van der Waals surface area contributed by atoms with Crippen molar-refractivity contribution in [2.45, 2.75) is 24.3 Å². The predicted molar refractivity (Wildman–Crippen MR) is 121 cm³/mol. The number of para-hydroxylation sites is 1. The van der Waals surface area contributed by atoms with Crippen LogP contribution in [0, 0.1) is 0 Å². The van der Waals surface area contributed by atoms with E-state index in [1.54, 1.807) is 7.11 Å². The average Bonchev–Trinajstić information content (AvgIpc) is 3.40. The van der Waals surface area contributed by atoms with Crippen molar-refractivity contribution < 1.29 is 9.53 Å². The van der Waals surface area contributed by atoms with Crippen molar-refractivity contribution in [3.8, 4) is 5.75 Å². The minimum absolute atomic E-state index is 0.208. The third kappa shape index (κ3) is 2.56. The topological polar surface area (TPSA) is 47.4 Å². The number of fused-ring (bicyclic) bond motifs is 3. The molecule has 2 aliphatic rings. The highest BCUT2D eigenvalue weighted by molar-refractivity contribution is 6.11. The van der Waals surface area contributed by atoms with E-state index in [4.69, 9.17) is 4.74 Å². The number of carbonyl (C=O) groups is 1. The van der Waals surface area contributed by atoms with E-state index in [0.717, 1.165) is 28.8 Å². The van der Waals surface area contributed by atoms with Gasteiger partial charge in [0.2, 0.25) is 5.91 Å². The number of anilines is 1. The number of amides is 1. The zero-order chi connectivity index (χ0) is 21.2. The molecule has 1 aliphatic carbocycles. The van der Waals surface area contributed by atoms with Gasteiger partial charge in [0.15, 0.2) is 0 Å². The van der Waals surface area contributed by atoms with Crippen LogP contribution >= 0.6 is 0 Å². The first-order valence-electron chi connectivity index (χ1n) is 10.6. The molecule has 4 aromatic rings. The van der Waals surface area contributed by atoms with Gasteiger partial charge in [-0.1, -0.05) is 42.5 Å². The van der Waals surface area contributed by atoms with Gasteiger partial charge in [-0.05, 0) is 47.4 Å². The molecule has 0 bridgehead atoms. The fraction of sp³-hybridized carbons (Fsp3) is 0.231. The van der Waals surface area contributed by atoms with E-state index in [0.29, 0.717) is 6.54 Å². The van der Waals surface area contributed by atoms with Gasteiger partial charge in [-0.15, -0.1) is 0 Å². The minimum Gasteiger partial charge on any atom is -0.497 e. The molecule has 0 radical (unpaired) electrons. The number of benzene rings is 3. The van der Waals surface area contributed by atoms with E-state index < -0.39 is 5.41 Å². The molecule has 1 spiro atoms. The van der Waals surface area contributed by atoms with Crippen molar-refractivity contribution in [2.75, 3.05) is 19.1 Å². The van der Waals surface area contributed by atoms with Crippen LogP contribution in [-0.4, -0.2) is 29.8 Å². The highest BCUT2D eigenvalue weighted by atomic mass is 16.5. The molecule has 1 aliphatic heterocycles. The molecule has 154 valence electrons. The summed E-state index contributed by atoms with van der Waals surface area (Å²) in [6.07, 6.45) is 2.78. The summed E-state index contributed by atoms with van der Waals surface area (Å²) in [7, 11) is 3.56. The fourth-order valence-corrected chi connectivity index (χ4v) is 5.20. The molecule has 1 amide bonds. The van der Waals surface area contributed by atoms with E-state index in [1.165, 1.54) is 16.7 Å². The Labute approximate surface area is 180 Å². The van der Waals surface area contributed by atoms with Gasteiger partial charge in [0.25, 0.3) is 0 Å². The fourth-order valence-electron chi connectivity index (χ4n) is 5.20. The zero-order valence-corrected chi connectivity index (χ0v) is 17.6. The Kier molecular flexibility index (Phi) is 3.78. The maximum atomic E-state index is 13.2. The second kappa shape index (κ2) is 6.45. The number of carbonyl (C=O) groups excluding carboxylic acids is 1. The van der Waals surface area contributed by atoms with Crippen molar-refractivity contribution in [3.05, 3.63) is 89.6 Å². The van der Waals surface area contributed by atoms with Gasteiger partial charge in [0.1, 0.15) is 5.75 Å². The van der Waals surface area contributed by atoms with Gasteiger partial charge in [-0.2, -0.15) is 5.10 Å². The Bertz CT molecular complexity index is 1320. The first-order valence-corrected chi connectivity index (χ1v) is 10.6. The third-order valence-electron chi connectivity index (χ3n) is 6.96. The number of rotatable bonds is 4. The lowest BCUT2D eigenvalue weighted by Crippen LogP contribution is -2.29. The Morgan fingerprint density at radius 1 is 1.10 bits per heavy atom. The van der Waals surface area contributed by atoms with Gasteiger partial charge in [-0.3, -0.25) is 9.48 Å². The number of aromatic nitrogens is 2. The predicted octanol–water partition coefficient (Wildman–Crippen LogP) is 4.49. The number of hydrogen-bond acceptors (Lipinski definition) is 3. The first kappa shape index (κ1) is 18.2. The molecule has 1 saturated carbocycles. The van der Waals surface area contributed by atoms with Crippen molar-refractivity contribution in [1.29, 1.82) is 0 Å². The molecule has 3 aromatic carbocycles. The van der Waals surface area contributed by atoms with Gasteiger partial charge >= 0.3 is 0 Å². The summed E-state index contributed by atoms with van der Waals surface area (Å²) >= 11 is 0. The minimum atomic E-state index is -0.403. The van der Waals surface area contributed by atoms with Gasteiger partial charge in [0, 0.05) is 24.0 Å². The van der Waals surface area contributed by atoms with E-state index in [-0.39, 0.29) is 11.8 Å². The van der Waals surface area contributed by atoms with Crippen LogP contribution in [0.25, 0.3) is 10.9 Å². The van der Waals surface area contributed by atoms with Crippen molar-refractivity contribution >= 4 is 22.5 Å². The zero-order valence-electron chi connectivity index (χ0n) is 17.6. The van der Waals surface area contributed by atoms with Crippen LogP contribution < -0.4 is 9.64 Å². The highest BCUT2D eigenvalue weighted by Crippen LogP contribution is 2.66. The molecule has 5 heteroatoms. The maximum absolute atomic E-state index is 13.2. The summed E-state index contributed by atoms with van der Waals surface area (Å²) in [6.45, 7) is 0.692. The molecule has 0 saturated heterocycles. The van der Waals surface area contributed by atoms with Crippen molar-refractivity contribution in [1.82, 2.24) is 9.78 Å². The van der Waals surface area contributed by atoms with Crippen LogP contribution in [0.4, 0.5) is 5.69 Å². The van der Waals surface area contributed by atoms with Gasteiger partial charge in [-0.25, -0.2) is 0 Å². The van der Waals surface area contributed by atoms with E-state index >= 15 is 0 Å². The Balaban J connectivity index is 1.35. The average molecular weight is 409 g/mol. The molecule has 0 N–H and O–H groups in total. The monoisotopic (exact) mass is 409 g/mol. The Hall–Kier alpha value is -3.60. The first-order chi connectivity index (χ1) is 15.1. The lowest BCUT2D eigenvalue weighted by atomic mass is 9.92. The largest absolute Gasteiger partial charge is 0.497 e. The summed E-state index contributed by atoms with van der Waals surface area (Å²) in [5.41, 5.74) is 5.28. The number of hydrogen-bond donors (Lipinski definition) is 0. The van der Waals surface area contributed by atoms with Gasteiger partial charge < -0.3 is 9.64 Å². The smallest absolute Gasteiger partial charge is 0.238 e. The lowest BCUT2D eigenvalue weighted by molar-refractivity contribution is -0.120. The SMILES string of the molecule is COc1ccc(Cn2ncc3ccc([C@@H]4C[C@@]45C(=O)N(C)c4ccccc45)cc32)cc1. The second-order valence-corrected chi connectivity index (χ2v) is 8.58. The summed E-state index contributed by atoms with van der Waals surface area (Å²) < 4.78 is 7.29. The molecule has 0 unspecified atom stereocenters. The second-order valence-electron chi connectivity index (χ2n) is 8.58. The summed E-state index contributed by atoms with van der Waals surface area (Å²) in [6, 6.07) is 22.8. The molecule has 1 fully saturated rings. The number of methoxy groups -OCH3 is 1. The van der Waals surface area contributed by atoms with Crippen LogP contribution in [-0.2, 0) is 16.8 Å². The summed E-state index contributed by atoms with van der Waals surface area (Å²) in [4.78, 5) is 15.0. The standard InChI is InChI=1S/C26H23N3O2/c1-28-23-6-4-3-5-21(23)26(25(28)30)14-22(26)18-9-10-19-15-27-29(24(19)13-18)16-17-7-11-20(31-2)12-8-17/h3-13,15,22H,14,16H2,1-2H3/t22-,26-/m0/s1. The van der Waals surface area contributed by atoms with E-state index in [1.807, 2.05) is 53.2 Å². The molecule has 5 nitrogen and oxygen atoms in total. The number of ether oxygens (including phenoxy) is 1. The van der Waals surface area contributed by atoms with Crippen molar-refractivity contribution in [2.24, 2.45) is 0 Å². The number of nitrogens with zero attached hydrogens (tertiary/aromatic N) is 3. The molecular formula is C26H23N3O2. The normalized spacial score (nSPS) is 21.7. The summed E-state index contributed by atoms with van der Waals surface area (Å²) in [5.74, 6) is 1.27. The molecule has 2 atom stereocenters. The maximum Gasteiger partial charge on any atom is 0.238 e. The quantitative estimate of drug-likeness (QED) is 0.499. The summed E-state index contributed by atoms with van der Waals surface area (Å²) in [5, 5.41) is 5.73. The Morgan fingerprint density at radius 2 is 1.90 bits per heavy atom. The van der Waals surface area contributed by atoms with Crippen LogP contribution in [0.15, 0.2) is 72.9 Å². The highest BCUT2D eigenvalue weighted by Gasteiger charge is 2.66. The molecule has 31 heavy (non-hydrogen) atoms. The van der Waals surface area contributed by atoms with Gasteiger partial charge in [0.05, 0.1) is 30.8 Å². The van der Waals surface area contributed by atoms with E-state index in [9.17, 15) is 4.79 Å². The van der Waals surface area contributed by atoms with Crippen LogP contribution in [0.2, 0.25) is 0 Å². The Morgan fingerprint density at radius 3 is 2.71 bits per heavy atom. The molecule has 1 aromatic heterocycles. The van der Waals surface area contributed by atoms with E-state index in [2.05, 4.69) is 41.5 Å². The lowest BCUT2D eigenvalue weighted by Gasteiger charge is -2.12.